The summed E-state index contributed by atoms with van der Waals surface area (Å²) < 4.78 is 173. The predicted octanol–water partition coefficient (Wildman–Crippen LogP) is 3.17. The summed E-state index contributed by atoms with van der Waals surface area (Å²) >= 11 is 0. The zero-order valence-electron chi connectivity index (χ0n) is 14.4. The molecular weight excluding hydrogens is 463 g/mol. The molecule has 0 radical (unpaired) electrons. The van der Waals surface area contributed by atoms with Crippen LogP contribution in [0.3, 0.4) is 0 Å². The maximum Gasteiger partial charge on any atom is 0.460 e. The highest BCUT2D eigenvalue weighted by Gasteiger charge is 2.91. The van der Waals surface area contributed by atoms with Crippen LogP contribution in [-0.2, 0) is 9.53 Å². The van der Waals surface area contributed by atoms with Crippen LogP contribution in [0.25, 0.3) is 0 Å². The van der Waals surface area contributed by atoms with Crippen molar-refractivity contribution >= 4 is 5.91 Å². The Hall–Kier alpha value is -1.52. The molecule has 0 aromatic carbocycles. The number of morpholine rings is 1. The van der Waals surface area contributed by atoms with Gasteiger partial charge in [-0.05, 0) is 0 Å². The van der Waals surface area contributed by atoms with E-state index < -0.39 is 48.2 Å². The van der Waals surface area contributed by atoms with E-state index in [9.17, 15) is 61.9 Å². The van der Waals surface area contributed by atoms with E-state index in [4.69, 9.17) is 4.74 Å². The molecule has 0 aromatic rings. The van der Waals surface area contributed by atoms with E-state index in [1.54, 1.807) is 0 Å². The number of carbonyl (C=O) groups excluding carboxylic acids is 1. The van der Waals surface area contributed by atoms with Crippen LogP contribution in [0.1, 0.15) is 0 Å². The van der Waals surface area contributed by atoms with Crippen LogP contribution < -0.4 is 5.32 Å². The maximum atomic E-state index is 13.5. The first-order valence-corrected chi connectivity index (χ1v) is 7.79. The van der Waals surface area contributed by atoms with E-state index in [0.29, 0.717) is 0 Å². The lowest BCUT2D eigenvalue weighted by Crippen LogP contribution is -2.72. The molecule has 1 aliphatic rings. The van der Waals surface area contributed by atoms with Crippen molar-refractivity contribution in [2.75, 3.05) is 39.4 Å². The third-order valence-corrected chi connectivity index (χ3v) is 4.04. The molecule has 1 aliphatic heterocycles. The van der Waals surface area contributed by atoms with Gasteiger partial charge in [0, 0.05) is 26.2 Å². The highest BCUT2D eigenvalue weighted by Crippen LogP contribution is 2.60. The zero-order valence-corrected chi connectivity index (χ0v) is 14.4. The van der Waals surface area contributed by atoms with E-state index in [0.717, 1.165) is 5.32 Å². The molecule has 1 N–H and O–H groups in total. The standard InChI is InChI=1S/C13H13F13N2O2/c14-8(15,7(29)27-1-2-28-3-5-30-6-4-28)9(16,17)10(18,19)11(20,21)12(22,23)13(24,25)26/h1-6H2,(H,27,29). The lowest BCUT2D eigenvalue weighted by Gasteiger charge is -2.39. The molecular formula is C13H13F13N2O2. The Morgan fingerprint density at radius 2 is 1.17 bits per heavy atom. The normalized spacial score (nSPS) is 18.4. The lowest BCUT2D eigenvalue weighted by atomic mass is 9.93. The van der Waals surface area contributed by atoms with E-state index >= 15 is 0 Å². The molecule has 0 bridgehead atoms. The molecule has 1 rings (SSSR count). The monoisotopic (exact) mass is 476 g/mol. The average molecular weight is 476 g/mol. The molecule has 1 heterocycles. The van der Waals surface area contributed by atoms with Crippen LogP contribution in [0.5, 0.6) is 0 Å². The second-order valence-corrected chi connectivity index (χ2v) is 6.08. The largest absolute Gasteiger partial charge is 0.460 e. The minimum Gasteiger partial charge on any atom is -0.379 e. The molecule has 0 spiro atoms. The Bertz CT molecular complexity index is 615. The fourth-order valence-corrected chi connectivity index (χ4v) is 2.18. The van der Waals surface area contributed by atoms with Crippen molar-refractivity contribution in [1.82, 2.24) is 10.2 Å². The Balaban J connectivity index is 3.05. The number of alkyl halides is 13. The first-order valence-electron chi connectivity index (χ1n) is 7.79. The van der Waals surface area contributed by atoms with Crippen molar-refractivity contribution in [3.63, 3.8) is 0 Å². The van der Waals surface area contributed by atoms with Gasteiger partial charge in [-0.1, -0.05) is 0 Å². The number of rotatable bonds is 8. The van der Waals surface area contributed by atoms with Gasteiger partial charge in [-0.2, -0.15) is 57.1 Å². The molecule has 0 aliphatic carbocycles. The third kappa shape index (κ3) is 4.27. The number of ether oxygens (including phenoxy) is 1. The van der Waals surface area contributed by atoms with Crippen molar-refractivity contribution in [2.24, 2.45) is 0 Å². The Morgan fingerprint density at radius 3 is 1.60 bits per heavy atom. The minimum absolute atomic E-state index is 0.177. The second kappa shape index (κ2) is 8.20. The molecule has 0 unspecified atom stereocenters. The first-order chi connectivity index (χ1) is 13.2. The van der Waals surface area contributed by atoms with Gasteiger partial charge in [0.25, 0.3) is 5.91 Å². The Kier molecular flexibility index (Phi) is 7.25. The van der Waals surface area contributed by atoms with Crippen LogP contribution in [0, 0.1) is 0 Å². The number of halogens is 13. The number of carbonyl (C=O) groups is 1. The van der Waals surface area contributed by atoms with E-state index in [-0.39, 0.29) is 32.8 Å². The SMILES string of the molecule is O=C(NCCN1CCOCC1)C(F)(F)C(F)(F)C(F)(F)C(F)(F)C(F)(F)C(F)(F)F. The lowest BCUT2D eigenvalue weighted by molar-refractivity contribution is -0.436. The number of amides is 1. The minimum atomic E-state index is -8.03. The summed E-state index contributed by atoms with van der Waals surface area (Å²) in [4.78, 5) is 12.6. The fraction of sp³-hybridized carbons (Fsp3) is 0.923. The Morgan fingerprint density at radius 1 is 0.733 bits per heavy atom. The highest BCUT2D eigenvalue weighted by molar-refractivity contribution is 5.84. The number of nitrogens with one attached hydrogen (secondary N) is 1. The first kappa shape index (κ1) is 26.5. The summed E-state index contributed by atoms with van der Waals surface area (Å²) in [6.07, 6.45) is -7.49. The van der Waals surface area contributed by atoms with E-state index in [1.165, 1.54) is 4.90 Å². The number of nitrogens with zero attached hydrogens (tertiary/aromatic N) is 1. The molecule has 17 heteroatoms. The number of hydrogen-bond acceptors (Lipinski definition) is 3. The summed E-state index contributed by atoms with van der Waals surface area (Å²) in [5.41, 5.74) is 0. The van der Waals surface area contributed by atoms with Crippen LogP contribution >= 0.6 is 0 Å². The van der Waals surface area contributed by atoms with Crippen molar-refractivity contribution in [2.45, 2.75) is 35.8 Å². The second-order valence-electron chi connectivity index (χ2n) is 6.08. The summed E-state index contributed by atoms with van der Waals surface area (Å²) in [7, 11) is 0. The van der Waals surface area contributed by atoms with E-state index in [2.05, 4.69) is 0 Å². The molecule has 0 saturated carbocycles. The van der Waals surface area contributed by atoms with Crippen LogP contribution in [0.4, 0.5) is 57.1 Å². The molecule has 1 amide bonds. The molecule has 30 heavy (non-hydrogen) atoms. The quantitative estimate of drug-likeness (QED) is 0.548. The van der Waals surface area contributed by atoms with Gasteiger partial charge in [0.15, 0.2) is 0 Å². The molecule has 178 valence electrons. The fourth-order valence-electron chi connectivity index (χ4n) is 2.18. The van der Waals surface area contributed by atoms with Gasteiger partial charge in [0.1, 0.15) is 0 Å². The van der Waals surface area contributed by atoms with Crippen molar-refractivity contribution in [3.8, 4) is 0 Å². The van der Waals surface area contributed by atoms with Crippen molar-refractivity contribution in [3.05, 3.63) is 0 Å². The molecule has 0 aromatic heterocycles. The van der Waals surface area contributed by atoms with E-state index in [1.807, 2.05) is 0 Å². The van der Waals surface area contributed by atoms with Gasteiger partial charge in [0.05, 0.1) is 13.2 Å². The molecule has 1 fully saturated rings. The average Bonchev–Trinajstić information content (AvgIpc) is 2.60. The van der Waals surface area contributed by atoms with Gasteiger partial charge in [0.2, 0.25) is 0 Å². The van der Waals surface area contributed by atoms with Gasteiger partial charge in [-0.3, -0.25) is 9.69 Å². The number of hydrogen-bond donors (Lipinski definition) is 1. The van der Waals surface area contributed by atoms with Crippen molar-refractivity contribution < 1.29 is 66.6 Å². The van der Waals surface area contributed by atoms with Gasteiger partial charge < -0.3 is 10.1 Å². The smallest absolute Gasteiger partial charge is 0.379 e. The summed E-state index contributed by atoms with van der Waals surface area (Å²) in [6, 6.07) is 0. The van der Waals surface area contributed by atoms with Crippen LogP contribution in [-0.4, -0.2) is 86.0 Å². The van der Waals surface area contributed by atoms with Gasteiger partial charge in [-0.25, -0.2) is 0 Å². The van der Waals surface area contributed by atoms with Crippen LogP contribution in [0.2, 0.25) is 0 Å². The molecule has 0 atom stereocenters. The van der Waals surface area contributed by atoms with Gasteiger partial charge in [-0.15, -0.1) is 0 Å². The predicted molar refractivity (Wildman–Crippen MR) is 71.1 cm³/mol. The third-order valence-electron chi connectivity index (χ3n) is 4.04. The molecule has 1 saturated heterocycles. The Labute approximate surface area is 159 Å². The molecule has 4 nitrogen and oxygen atoms in total. The van der Waals surface area contributed by atoms with Crippen LogP contribution in [0.15, 0.2) is 0 Å². The highest BCUT2D eigenvalue weighted by atomic mass is 19.4. The summed E-state index contributed by atoms with van der Waals surface area (Å²) in [5, 5.41) is 1.03. The summed E-state index contributed by atoms with van der Waals surface area (Å²) in [5.74, 6) is -41.5. The topological polar surface area (TPSA) is 41.6 Å². The zero-order chi connectivity index (χ0) is 23.8. The van der Waals surface area contributed by atoms with Gasteiger partial charge >= 0.3 is 35.8 Å². The maximum absolute atomic E-state index is 13.5. The summed E-state index contributed by atoms with van der Waals surface area (Å²) in [6.45, 7) is -0.410. The van der Waals surface area contributed by atoms with Crippen molar-refractivity contribution in [1.29, 1.82) is 0 Å².